The average molecular weight is 213 g/mol. The fourth-order valence-corrected chi connectivity index (χ4v) is 1.98. The van der Waals surface area contributed by atoms with Gasteiger partial charge in [-0.1, -0.05) is 0 Å². The molecule has 0 aliphatic heterocycles. The van der Waals surface area contributed by atoms with E-state index in [1.165, 1.54) is 4.88 Å². The van der Waals surface area contributed by atoms with Gasteiger partial charge in [-0.25, -0.2) is 0 Å². The van der Waals surface area contributed by atoms with Crippen molar-refractivity contribution in [3.8, 4) is 0 Å². The number of hydrogen-bond acceptors (Lipinski definition) is 3. The molecule has 1 aromatic heterocycles. The van der Waals surface area contributed by atoms with E-state index in [2.05, 4.69) is 13.0 Å². The molecular weight excluding hydrogens is 194 g/mol. The lowest BCUT2D eigenvalue weighted by molar-refractivity contribution is 0.0166. The number of hydrogen-bond donors (Lipinski definition) is 1. The van der Waals surface area contributed by atoms with Gasteiger partial charge in [0.05, 0.1) is 6.10 Å². The van der Waals surface area contributed by atoms with E-state index in [0.29, 0.717) is 0 Å². The third kappa shape index (κ3) is 2.16. The van der Waals surface area contributed by atoms with Crippen molar-refractivity contribution in [2.75, 3.05) is 14.1 Å². The molecule has 1 unspecified atom stereocenters. The van der Waals surface area contributed by atoms with Gasteiger partial charge in [-0.15, -0.1) is 11.3 Å². The third-order valence-corrected chi connectivity index (χ3v) is 3.77. The molecule has 1 atom stereocenters. The summed E-state index contributed by atoms with van der Waals surface area (Å²) >= 11 is 1.68. The van der Waals surface area contributed by atoms with E-state index in [0.717, 1.165) is 5.56 Å². The molecule has 0 saturated heterocycles. The molecule has 1 aromatic rings. The summed E-state index contributed by atoms with van der Waals surface area (Å²) in [5.41, 5.74) is 0.791. The molecule has 0 aromatic carbocycles. The zero-order valence-corrected chi connectivity index (χ0v) is 10.4. The van der Waals surface area contributed by atoms with Crippen LogP contribution in [0.2, 0.25) is 0 Å². The molecular formula is C11H19NOS. The van der Waals surface area contributed by atoms with E-state index < -0.39 is 6.10 Å². The van der Waals surface area contributed by atoms with Crippen LogP contribution in [-0.4, -0.2) is 29.6 Å². The van der Waals surface area contributed by atoms with Gasteiger partial charge >= 0.3 is 0 Å². The highest BCUT2D eigenvalue weighted by atomic mass is 32.1. The van der Waals surface area contributed by atoms with Gasteiger partial charge < -0.3 is 10.0 Å². The van der Waals surface area contributed by atoms with E-state index in [1.54, 1.807) is 11.3 Å². The lowest BCUT2D eigenvalue weighted by Crippen LogP contribution is -2.43. The van der Waals surface area contributed by atoms with Crippen LogP contribution < -0.4 is 0 Å². The molecule has 1 heterocycles. The Morgan fingerprint density at radius 2 is 2.00 bits per heavy atom. The van der Waals surface area contributed by atoms with E-state index in [4.69, 9.17) is 0 Å². The predicted molar refractivity (Wildman–Crippen MR) is 61.8 cm³/mol. The Kier molecular flexibility index (Phi) is 3.35. The number of aryl methyl sites for hydroxylation is 1. The smallest absolute Gasteiger partial charge is 0.0976 e. The van der Waals surface area contributed by atoms with Gasteiger partial charge in [0.2, 0.25) is 0 Å². The molecule has 14 heavy (non-hydrogen) atoms. The molecule has 2 nitrogen and oxygen atoms in total. The van der Waals surface area contributed by atoms with Gasteiger partial charge in [0.1, 0.15) is 0 Å². The highest BCUT2D eigenvalue weighted by Crippen LogP contribution is 2.31. The number of rotatable bonds is 3. The lowest BCUT2D eigenvalue weighted by Gasteiger charge is -2.36. The van der Waals surface area contributed by atoms with Crippen molar-refractivity contribution < 1.29 is 5.11 Å². The molecule has 3 heteroatoms. The number of nitrogens with zero attached hydrogens (tertiary/aromatic N) is 1. The van der Waals surface area contributed by atoms with Crippen LogP contribution in [0.1, 0.15) is 30.4 Å². The maximum absolute atomic E-state index is 10.2. The highest BCUT2D eigenvalue weighted by Gasteiger charge is 2.31. The third-order valence-electron chi connectivity index (χ3n) is 2.89. The maximum Gasteiger partial charge on any atom is 0.0976 e. The standard InChI is InChI=1S/C11H19NOS/c1-8-6-9(7-14-8)10(13)11(2,3)12(4)5/h6-7,10,13H,1-5H3. The molecule has 0 amide bonds. The molecule has 1 rings (SSSR count). The Morgan fingerprint density at radius 1 is 1.43 bits per heavy atom. The van der Waals surface area contributed by atoms with Gasteiger partial charge in [0.15, 0.2) is 0 Å². The largest absolute Gasteiger partial charge is 0.386 e. The van der Waals surface area contributed by atoms with Crippen molar-refractivity contribution in [2.24, 2.45) is 0 Å². The second-order valence-electron chi connectivity index (χ2n) is 4.44. The molecule has 1 N–H and O–H groups in total. The normalized spacial score (nSPS) is 14.8. The summed E-state index contributed by atoms with van der Waals surface area (Å²) in [5, 5.41) is 12.2. The van der Waals surface area contributed by atoms with Gasteiger partial charge in [0, 0.05) is 10.4 Å². The topological polar surface area (TPSA) is 23.5 Å². The maximum atomic E-state index is 10.2. The Hall–Kier alpha value is -0.380. The molecule has 0 radical (unpaired) electrons. The van der Waals surface area contributed by atoms with Crippen molar-refractivity contribution in [3.05, 3.63) is 21.9 Å². The summed E-state index contributed by atoms with van der Waals surface area (Å²) in [7, 11) is 3.98. The van der Waals surface area contributed by atoms with Crippen LogP contribution >= 0.6 is 11.3 Å². The summed E-state index contributed by atoms with van der Waals surface area (Å²) in [5.74, 6) is 0. The first-order chi connectivity index (χ1) is 6.35. The zero-order chi connectivity index (χ0) is 10.9. The second kappa shape index (κ2) is 4.01. The number of thiophene rings is 1. The minimum Gasteiger partial charge on any atom is -0.386 e. The number of aliphatic hydroxyl groups excluding tert-OH is 1. The minimum atomic E-state index is -0.428. The van der Waals surface area contributed by atoms with Crippen LogP contribution in [0.3, 0.4) is 0 Å². The monoisotopic (exact) mass is 213 g/mol. The SMILES string of the molecule is Cc1cc(C(O)C(C)(C)N(C)C)cs1. The van der Waals surface area contributed by atoms with Gasteiger partial charge in [-0.2, -0.15) is 0 Å². The van der Waals surface area contributed by atoms with Crippen LogP contribution in [0.5, 0.6) is 0 Å². The summed E-state index contributed by atoms with van der Waals surface area (Å²) < 4.78 is 0. The molecule has 0 aliphatic carbocycles. The van der Waals surface area contributed by atoms with Crippen LogP contribution in [0.15, 0.2) is 11.4 Å². The summed E-state index contributed by atoms with van der Waals surface area (Å²) in [6.45, 7) is 6.15. The summed E-state index contributed by atoms with van der Waals surface area (Å²) in [6.07, 6.45) is -0.428. The van der Waals surface area contributed by atoms with Gasteiger partial charge in [-0.05, 0) is 51.9 Å². The quantitative estimate of drug-likeness (QED) is 0.833. The lowest BCUT2D eigenvalue weighted by atomic mass is 9.91. The van der Waals surface area contributed by atoms with Crippen molar-refractivity contribution in [1.29, 1.82) is 0 Å². The second-order valence-corrected chi connectivity index (χ2v) is 5.56. The Bertz CT molecular complexity index is 304. The molecule has 0 spiro atoms. The van der Waals surface area contributed by atoms with Crippen LogP contribution in [0.4, 0.5) is 0 Å². The van der Waals surface area contributed by atoms with Crippen molar-refractivity contribution in [1.82, 2.24) is 4.90 Å². The number of aliphatic hydroxyl groups is 1. The zero-order valence-electron chi connectivity index (χ0n) is 9.53. The molecule has 80 valence electrons. The fraction of sp³-hybridized carbons (Fsp3) is 0.636. The molecule has 0 bridgehead atoms. The molecule has 0 aliphatic rings. The average Bonchev–Trinajstić information content (AvgIpc) is 2.50. The molecule has 0 fully saturated rings. The first kappa shape index (κ1) is 11.7. The van der Waals surface area contributed by atoms with E-state index in [9.17, 15) is 5.11 Å². The van der Waals surface area contributed by atoms with Crippen molar-refractivity contribution >= 4 is 11.3 Å². The van der Waals surface area contributed by atoms with Gasteiger partial charge in [0.25, 0.3) is 0 Å². The van der Waals surface area contributed by atoms with Crippen molar-refractivity contribution in [3.63, 3.8) is 0 Å². The van der Waals surface area contributed by atoms with E-state index in [-0.39, 0.29) is 5.54 Å². The fourth-order valence-electron chi connectivity index (χ4n) is 1.26. The predicted octanol–water partition coefficient (Wildman–Crippen LogP) is 2.43. The van der Waals surface area contributed by atoms with E-state index >= 15 is 0 Å². The minimum absolute atomic E-state index is 0.229. The highest BCUT2D eigenvalue weighted by molar-refractivity contribution is 7.10. The van der Waals surface area contributed by atoms with Crippen LogP contribution in [-0.2, 0) is 0 Å². The first-order valence-electron chi connectivity index (χ1n) is 4.76. The molecule has 0 saturated carbocycles. The van der Waals surface area contributed by atoms with Gasteiger partial charge in [-0.3, -0.25) is 0 Å². The summed E-state index contributed by atoms with van der Waals surface area (Å²) in [4.78, 5) is 3.29. The van der Waals surface area contributed by atoms with Crippen molar-refractivity contribution in [2.45, 2.75) is 32.4 Å². The first-order valence-corrected chi connectivity index (χ1v) is 5.64. The Morgan fingerprint density at radius 3 is 2.36 bits per heavy atom. The Balaban J connectivity index is 2.89. The number of likely N-dealkylation sites (N-methyl/N-ethyl adjacent to an activating group) is 1. The van der Waals surface area contributed by atoms with E-state index in [1.807, 2.05) is 38.2 Å². The Labute approximate surface area is 90.2 Å². The summed E-state index contributed by atoms with van der Waals surface area (Å²) in [6, 6.07) is 2.06. The van der Waals surface area contributed by atoms with Crippen LogP contribution in [0, 0.1) is 6.92 Å². The van der Waals surface area contributed by atoms with Crippen LogP contribution in [0.25, 0.3) is 0 Å².